The van der Waals surface area contributed by atoms with Crippen LogP contribution in [0.1, 0.15) is 12.8 Å². The summed E-state index contributed by atoms with van der Waals surface area (Å²) < 4.78 is 27.3. The molecule has 2 bridgehead atoms. The monoisotopic (exact) mass is 316 g/mol. The Morgan fingerprint density at radius 3 is 2.78 bits per heavy atom. The lowest BCUT2D eigenvalue weighted by atomic mass is 9.94. The van der Waals surface area contributed by atoms with E-state index in [4.69, 9.17) is 0 Å². The Labute approximate surface area is 113 Å². The van der Waals surface area contributed by atoms with Crippen LogP contribution in [0.3, 0.4) is 0 Å². The molecule has 3 unspecified atom stereocenters. The second-order valence-corrected chi connectivity index (χ2v) is 5.99. The largest absolute Gasteiger partial charge is 0.379 e. The molecule has 2 nitrogen and oxygen atoms in total. The van der Waals surface area contributed by atoms with E-state index in [-0.39, 0.29) is 0 Å². The van der Waals surface area contributed by atoms with Crippen molar-refractivity contribution in [2.75, 3.05) is 25.0 Å². The van der Waals surface area contributed by atoms with Crippen LogP contribution in [0.4, 0.5) is 14.5 Å². The predicted octanol–water partition coefficient (Wildman–Crippen LogP) is 3.23. The Balaban J connectivity index is 1.80. The lowest BCUT2D eigenvalue weighted by molar-refractivity contribution is 0.254. The molecule has 2 aliphatic rings. The third-order valence-corrected chi connectivity index (χ3v) is 4.60. The van der Waals surface area contributed by atoms with Crippen molar-refractivity contribution in [2.24, 2.45) is 5.92 Å². The smallest absolute Gasteiger partial charge is 0.150 e. The van der Waals surface area contributed by atoms with E-state index in [1.54, 1.807) is 0 Å². The first-order chi connectivity index (χ1) is 8.63. The number of benzene rings is 1. The summed E-state index contributed by atoms with van der Waals surface area (Å²) in [4.78, 5) is 2.44. The topological polar surface area (TPSA) is 15.3 Å². The number of piperidine rings is 1. The number of nitrogens with one attached hydrogen (secondary N) is 1. The van der Waals surface area contributed by atoms with Crippen molar-refractivity contribution < 1.29 is 8.78 Å². The van der Waals surface area contributed by atoms with E-state index in [0.717, 1.165) is 38.5 Å². The van der Waals surface area contributed by atoms with Crippen LogP contribution in [-0.2, 0) is 0 Å². The number of rotatable bonds is 2. The van der Waals surface area contributed by atoms with Crippen molar-refractivity contribution in [1.82, 2.24) is 4.90 Å². The number of nitrogens with zero attached hydrogens (tertiary/aromatic N) is 1. The molecule has 0 spiro atoms. The molecule has 2 saturated heterocycles. The number of hydrogen-bond donors (Lipinski definition) is 1. The van der Waals surface area contributed by atoms with Crippen LogP contribution in [0.25, 0.3) is 0 Å². The molecule has 2 heterocycles. The quantitative estimate of drug-likeness (QED) is 0.901. The second-order valence-electron chi connectivity index (χ2n) is 5.13. The summed E-state index contributed by atoms with van der Waals surface area (Å²) >= 11 is 3.22. The minimum absolute atomic E-state index is 0.292. The van der Waals surface area contributed by atoms with Crippen LogP contribution in [-0.4, -0.2) is 30.6 Å². The Bertz CT molecular complexity index is 443. The summed E-state index contributed by atoms with van der Waals surface area (Å²) in [5.41, 5.74) is 0.391. The highest BCUT2D eigenvalue weighted by molar-refractivity contribution is 9.10. The fourth-order valence-corrected chi connectivity index (χ4v) is 3.53. The summed E-state index contributed by atoms with van der Waals surface area (Å²) in [5.74, 6) is -0.502. The number of anilines is 1. The van der Waals surface area contributed by atoms with Gasteiger partial charge in [-0.1, -0.05) is 0 Å². The van der Waals surface area contributed by atoms with Gasteiger partial charge in [0.2, 0.25) is 0 Å². The maximum Gasteiger partial charge on any atom is 0.150 e. The highest BCUT2D eigenvalue weighted by atomic mass is 79.9. The molecule has 5 heteroatoms. The molecule has 2 aliphatic heterocycles. The van der Waals surface area contributed by atoms with Gasteiger partial charge in [0.15, 0.2) is 0 Å². The maximum atomic E-state index is 13.8. The first-order valence-corrected chi connectivity index (χ1v) is 7.06. The Morgan fingerprint density at radius 1 is 1.22 bits per heavy atom. The molecule has 1 N–H and O–H groups in total. The van der Waals surface area contributed by atoms with Crippen LogP contribution in [0.2, 0.25) is 0 Å². The summed E-state index contributed by atoms with van der Waals surface area (Å²) in [6, 6.07) is 2.52. The van der Waals surface area contributed by atoms with Gasteiger partial charge in [-0.2, -0.15) is 0 Å². The molecule has 2 fully saturated rings. The normalized spacial score (nSPS) is 30.5. The molecule has 0 aromatic heterocycles. The highest BCUT2D eigenvalue weighted by Gasteiger charge is 2.34. The zero-order valence-corrected chi connectivity index (χ0v) is 11.5. The van der Waals surface area contributed by atoms with Crippen LogP contribution in [0.15, 0.2) is 16.6 Å². The predicted molar refractivity (Wildman–Crippen MR) is 70.6 cm³/mol. The van der Waals surface area contributed by atoms with Gasteiger partial charge in [-0.15, -0.1) is 0 Å². The summed E-state index contributed by atoms with van der Waals surface area (Å²) in [6.45, 7) is 3.31. The number of halogens is 3. The average molecular weight is 317 g/mol. The summed E-state index contributed by atoms with van der Waals surface area (Å²) in [7, 11) is 0. The minimum atomic E-state index is -0.555. The molecule has 98 valence electrons. The van der Waals surface area contributed by atoms with Gasteiger partial charge in [0, 0.05) is 29.7 Å². The molecule has 3 rings (SSSR count). The molecule has 1 aromatic rings. The fourth-order valence-electron chi connectivity index (χ4n) is 3.01. The van der Waals surface area contributed by atoms with Gasteiger partial charge in [0.1, 0.15) is 11.6 Å². The first-order valence-electron chi connectivity index (χ1n) is 6.27. The number of hydrogen-bond acceptors (Lipinski definition) is 2. The molecule has 1 aromatic carbocycles. The molecular formula is C13H15BrF2N2. The van der Waals surface area contributed by atoms with Crippen LogP contribution in [0, 0.1) is 17.6 Å². The number of fused-ring (bicyclic) bond motifs is 2. The van der Waals surface area contributed by atoms with E-state index < -0.39 is 11.6 Å². The lowest BCUT2D eigenvalue weighted by Crippen LogP contribution is -2.39. The Morgan fingerprint density at radius 2 is 2.00 bits per heavy atom. The Hall–Kier alpha value is -0.680. The van der Waals surface area contributed by atoms with Crippen molar-refractivity contribution in [2.45, 2.75) is 18.9 Å². The van der Waals surface area contributed by atoms with Gasteiger partial charge in [-0.3, -0.25) is 0 Å². The van der Waals surface area contributed by atoms with Crippen molar-refractivity contribution in [1.29, 1.82) is 0 Å². The Kier molecular flexibility index (Phi) is 3.28. The van der Waals surface area contributed by atoms with Gasteiger partial charge in [0.25, 0.3) is 0 Å². The molecule has 0 aliphatic carbocycles. The maximum absolute atomic E-state index is 13.8. The van der Waals surface area contributed by atoms with E-state index in [9.17, 15) is 8.78 Å². The van der Waals surface area contributed by atoms with Gasteiger partial charge in [0.05, 0.1) is 5.69 Å². The summed E-state index contributed by atoms with van der Waals surface area (Å²) in [5, 5.41) is 3.26. The first kappa shape index (κ1) is 12.4. The van der Waals surface area contributed by atoms with E-state index in [1.807, 2.05) is 0 Å². The SMILES string of the molecule is Fc1cc(F)c(NC2CCN3CCC2C3)c(Br)c1. The van der Waals surface area contributed by atoms with Gasteiger partial charge in [-0.05, 0) is 47.3 Å². The molecule has 0 amide bonds. The molecule has 0 saturated carbocycles. The highest BCUT2D eigenvalue weighted by Crippen LogP contribution is 2.33. The molecule has 0 radical (unpaired) electrons. The van der Waals surface area contributed by atoms with Crippen LogP contribution >= 0.6 is 15.9 Å². The zero-order valence-electron chi connectivity index (χ0n) is 9.93. The fraction of sp³-hybridized carbons (Fsp3) is 0.538. The van der Waals surface area contributed by atoms with E-state index in [0.29, 0.717) is 22.1 Å². The van der Waals surface area contributed by atoms with Crippen molar-refractivity contribution in [3.63, 3.8) is 0 Å². The van der Waals surface area contributed by atoms with E-state index in [2.05, 4.69) is 26.1 Å². The van der Waals surface area contributed by atoms with Crippen molar-refractivity contribution in [3.05, 3.63) is 28.2 Å². The standard InChI is InChI=1S/C13H15BrF2N2/c14-10-5-9(15)6-11(16)13(10)17-12-2-4-18-3-1-8(12)7-18/h5-6,8,12,17H,1-4,7H2. The van der Waals surface area contributed by atoms with Crippen molar-refractivity contribution >= 4 is 21.6 Å². The zero-order chi connectivity index (χ0) is 12.7. The van der Waals surface area contributed by atoms with Crippen molar-refractivity contribution in [3.8, 4) is 0 Å². The summed E-state index contributed by atoms with van der Waals surface area (Å²) in [6.07, 6.45) is 2.19. The average Bonchev–Trinajstić information content (AvgIpc) is 2.69. The minimum Gasteiger partial charge on any atom is -0.379 e. The van der Waals surface area contributed by atoms with E-state index in [1.165, 1.54) is 6.07 Å². The van der Waals surface area contributed by atoms with E-state index >= 15 is 0 Å². The molecule has 3 atom stereocenters. The second kappa shape index (κ2) is 4.78. The van der Waals surface area contributed by atoms with Gasteiger partial charge >= 0.3 is 0 Å². The molecule has 18 heavy (non-hydrogen) atoms. The van der Waals surface area contributed by atoms with Gasteiger partial charge in [-0.25, -0.2) is 8.78 Å². The molecular weight excluding hydrogens is 302 g/mol. The van der Waals surface area contributed by atoms with Gasteiger partial charge < -0.3 is 10.2 Å². The third-order valence-electron chi connectivity index (χ3n) is 3.97. The van der Waals surface area contributed by atoms with Crippen LogP contribution in [0.5, 0.6) is 0 Å². The third kappa shape index (κ3) is 2.26. The lowest BCUT2D eigenvalue weighted by Gasteiger charge is -2.32. The van der Waals surface area contributed by atoms with Crippen LogP contribution < -0.4 is 5.32 Å².